The molecule has 1 heterocycles. The number of nitrogens with zero attached hydrogens (tertiary/aromatic N) is 2. The van der Waals surface area contributed by atoms with Gasteiger partial charge in [0.2, 0.25) is 11.8 Å². The maximum absolute atomic E-state index is 14.0. The standard InChI is InChI=1S/C20H24F2N2O4/c1-12(25)24(11-18(26)27)13-4-3-8-23(9-7-13)20(28)15-10-14(15)19-16(21)5-2-6-17(19)22/h2,5-6,13-15H,3-4,7-11H2,1H3,(H,26,27). The molecule has 0 bridgehead atoms. The van der Waals surface area contributed by atoms with Gasteiger partial charge < -0.3 is 14.9 Å². The Kier molecular flexibility index (Phi) is 5.96. The summed E-state index contributed by atoms with van der Waals surface area (Å²) in [5.74, 6) is -3.60. The number of carboxylic acid groups (broad SMARTS) is 1. The van der Waals surface area contributed by atoms with Crippen molar-refractivity contribution in [1.29, 1.82) is 0 Å². The second-order valence-corrected chi connectivity index (χ2v) is 7.53. The molecular weight excluding hydrogens is 370 g/mol. The van der Waals surface area contributed by atoms with Gasteiger partial charge in [-0.25, -0.2) is 8.78 Å². The van der Waals surface area contributed by atoms with E-state index >= 15 is 0 Å². The van der Waals surface area contributed by atoms with Gasteiger partial charge in [-0.05, 0) is 37.8 Å². The number of rotatable bonds is 5. The molecule has 2 aliphatic rings. The lowest BCUT2D eigenvalue weighted by atomic mass is 10.1. The molecule has 1 aromatic rings. The number of amides is 2. The molecule has 2 amide bonds. The van der Waals surface area contributed by atoms with Crippen molar-refractivity contribution in [3.8, 4) is 0 Å². The first-order chi connectivity index (χ1) is 13.3. The summed E-state index contributed by atoms with van der Waals surface area (Å²) in [5, 5.41) is 9.02. The Bertz CT molecular complexity index is 765. The van der Waals surface area contributed by atoms with Crippen LogP contribution in [-0.4, -0.2) is 58.4 Å². The molecule has 1 aromatic carbocycles. The third-order valence-corrected chi connectivity index (χ3v) is 5.64. The van der Waals surface area contributed by atoms with Gasteiger partial charge in [-0.3, -0.25) is 14.4 Å². The quantitative estimate of drug-likeness (QED) is 0.832. The van der Waals surface area contributed by atoms with Crippen molar-refractivity contribution in [3.63, 3.8) is 0 Å². The summed E-state index contributed by atoms with van der Waals surface area (Å²) in [6, 6.07) is 3.48. The molecule has 28 heavy (non-hydrogen) atoms. The van der Waals surface area contributed by atoms with Gasteiger partial charge in [0.15, 0.2) is 0 Å². The van der Waals surface area contributed by atoms with Gasteiger partial charge in [0, 0.05) is 43.5 Å². The number of carbonyl (C=O) groups excluding carboxylic acids is 2. The Morgan fingerprint density at radius 3 is 2.46 bits per heavy atom. The normalized spacial score (nSPS) is 24.4. The molecule has 1 aliphatic heterocycles. The molecule has 1 saturated heterocycles. The lowest BCUT2D eigenvalue weighted by Crippen LogP contribution is -2.43. The molecule has 0 spiro atoms. The summed E-state index contributed by atoms with van der Waals surface area (Å²) < 4.78 is 27.9. The smallest absolute Gasteiger partial charge is 0.323 e. The monoisotopic (exact) mass is 394 g/mol. The van der Waals surface area contributed by atoms with E-state index in [1.165, 1.54) is 30.0 Å². The summed E-state index contributed by atoms with van der Waals surface area (Å²) in [5.41, 5.74) is -0.0160. The molecule has 3 rings (SSSR count). The highest BCUT2D eigenvalue weighted by molar-refractivity contribution is 5.83. The van der Waals surface area contributed by atoms with Crippen molar-refractivity contribution in [2.75, 3.05) is 19.6 Å². The van der Waals surface area contributed by atoms with Crippen molar-refractivity contribution < 1.29 is 28.3 Å². The number of carboxylic acids is 1. The van der Waals surface area contributed by atoms with E-state index in [0.717, 1.165) is 0 Å². The van der Waals surface area contributed by atoms with Crippen LogP contribution in [-0.2, 0) is 14.4 Å². The molecule has 2 fully saturated rings. The fourth-order valence-corrected chi connectivity index (χ4v) is 4.14. The molecule has 6 nitrogen and oxygen atoms in total. The van der Waals surface area contributed by atoms with Crippen LogP contribution in [0.4, 0.5) is 8.78 Å². The van der Waals surface area contributed by atoms with Gasteiger partial charge in [-0.15, -0.1) is 0 Å². The van der Waals surface area contributed by atoms with Crippen LogP contribution >= 0.6 is 0 Å². The topological polar surface area (TPSA) is 77.9 Å². The van der Waals surface area contributed by atoms with Crippen molar-refractivity contribution in [1.82, 2.24) is 9.80 Å². The van der Waals surface area contributed by atoms with E-state index in [1.54, 1.807) is 4.90 Å². The average Bonchev–Trinajstić information content (AvgIpc) is 3.42. The minimum absolute atomic E-state index is 0.0160. The number of likely N-dealkylation sites (tertiary alicyclic amines) is 1. The van der Waals surface area contributed by atoms with Gasteiger partial charge >= 0.3 is 5.97 Å². The average molecular weight is 394 g/mol. The molecule has 1 aliphatic carbocycles. The summed E-state index contributed by atoms with van der Waals surface area (Å²) in [4.78, 5) is 38.7. The minimum atomic E-state index is -1.07. The van der Waals surface area contributed by atoms with Crippen molar-refractivity contribution >= 4 is 17.8 Å². The predicted molar refractivity (Wildman–Crippen MR) is 96.4 cm³/mol. The molecule has 1 N–H and O–H groups in total. The van der Waals surface area contributed by atoms with Gasteiger partial charge in [0.05, 0.1) is 0 Å². The predicted octanol–water partition coefficient (Wildman–Crippen LogP) is 2.38. The van der Waals surface area contributed by atoms with Crippen LogP contribution in [0.2, 0.25) is 0 Å². The molecule has 8 heteroatoms. The summed E-state index contributed by atoms with van der Waals surface area (Å²) in [7, 11) is 0. The minimum Gasteiger partial charge on any atom is -0.480 e. The molecule has 0 aromatic heterocycles. The van der Waals surface area contributed by atoms with Gasteiger partial charge in [-0.2, -0.15) is 0 Å². The zero-order chi connectivity index (χ0) is 20.4. The summed E-state index contributed by atoms with van der Waals surface area (Å²) in [6.07, 6.45) is 2.18. The Morgan fingerprint density at radius 1 is 1.18 bits per heavy atom. The second-order valence-electron chi connectivity index (χ2n) is 7.53. The lowest BCUT2D eigenvalue weighted by molar-refractivity contribution is -0.145. The first-order valence-electron chi connectivity index (χ1n) is 9.51. The van der Waals surface area contributed by atoms with Crippen LogP contribution in [0.1, 0.15) is 44.1 Å². The number of carbonyl (C=O) groups is 3. The highest BCUT2D eigenvalue weighted by atomic mass is 19.1. The van der Waals surface area contributed by atoms with Crippen LogP contribution in [0.5, 0.6) is 0 Å². The van der Waals surface area contributed by atoms with Gasteiger partial charge in [-0.1, -0.05) is 6.07 Å². The number of hydrogen-bond donors (Lipinski definition) is 1. The fourth-order valence-electron chi connectivity index (χ4n) is 4.14. The summed E-state index contributed by atoms with van der Waals surface area (Å²) >= 11 is 0. The van der Waals surface area contributed by atoms with E-state index < -0.39 is 29.4 Å². The third kappa shape index (κ3) is 4.31. The Balaban J connectivity index is 1.62. The van der Waals surface area contributed by atoms with Crippen LogP contribution in [0, 0.1) is 17.6 Å². The SMILES string of the molecule is CC(=O)N(CC(=O)O)C1CCCN(C(=O)C2CC2c2c(F)cccc2F)CC1. The van der Waals surface area contributed by atoms with Crippen LogP contribution < -0.4 is 0 Å². The Hall–Kier alpha value is -2.51. The first-order valence-corrected chi connectivity index (χ1v) is 9.51. The fraction of sp³-hybridized carbons (Fsp3) is 0.550. The van der Waals surface area contributed by atoms with E-state index in [4.69, 9.17) is 5.11 Å². The Morgan fingerprint density at radius 2 is 1.86 bits per heavy atom. The largest absolute Gasteiger partial charge is 0.480 e. The molecular formula is C20H24F2N2O4. The molecule has 3 atom stereocenters. The van der Waals surface area contributed by atoms with Crippen molar-refractivity contribution in [3.05, 3.63) is 35.4 Å². The van der Waals surface area contributed by atoms with E-state index in [0.29, 0.717) is 38.8 Å². The molecule has 1 saturated carbocycles. The van der Waals surface area contributed by atoms with E-state index in [9.17, 15) is 23.2 Å². The highest BCUT2D eigenvalue weighted by Gasteiger charge is 2.48. The molecule has 3 unspecified atom stereocenters. The number of hydrogen-bond acceptors (Lipinski definition) is 3. The van der Waals surface area contributed by atoms with E-state index in [1.807, 2.05) is 0 Å². The maximum Gasteiger partial charge on any atom is 0.323 e. The zero-order valence-corrected chi connectivity index (χ0v) is 15.7. The molecule has 152 valence electrons. The first kappa shape index (κ1) is 20.2. The van der Waals surface area contributed by atoms with Crippen LogP contribution in [0.3, 0.4) is 0 Å². The van der Waals surface area contributed by atoms with Crippen molar-refractivity contribution in [2.24, 2.45) is 5.92 Å². The van der Waals surface area contributed by atoms with E-state index in [-0.39, 0.29) is 30.0 Å². The Labute approximate surface area is 162 Å². The molecule has 0 radical (unpaired) electrons. The highest BCUT2D eigenvalue weighted by Crippen LogP contribution is 2.50. The number of aliphatic carboxylic acids is 1. The summed E-state index contributed by atoms with van der Waals surface area (Å²) in [6.45, 7) is 1.88. The maximum atomic E-state index is 14.0. The number of halogens is 2. The van der Waals surface area contributed by atoms with Crippen molar-refractivity contribution in [2.45, 2.75) is 44.6 Å². The lowest BCUT2D eigenvalue weighted by Gasteiger charge is -2.29. The van der Waals surface area contributed by atoms with Gasteiger partial charge in [0.1, 0.15) is 18.2 Å². The van der Waals surface area contributed by atoms with Gasteiger partial charge in [0.25, 0.3) is 0 Å². The van der Waals surface area contributed by atoms with Crippen LogP contribution in [0.15, 0.2) is 18.2 Å². The third-order valence-electron chi connectivity index (χ3n) is 5.64. The van der Waals surface area contributed by atoms with Crippen LogP contribution in [0.25, 0.3) is 0 Å². The zero-order valence-electron chi connectivity index (χ0n) is 15.7. The van der Waals surface area contributed by atoms with E-state index in [2.05, 4.69) is 0 Å². The second kappa shape index (κ2) is 8.24. The number of benzene rings is 1.